The summed E-state index contributed by atoms with van der Waals surface area (Å²) in [7, 11) is 1.55. The molecule has 3 atom stereocenters. The van der Waals surface area contributed by atoms with Gasteiger partial charge in [-0.3, -0.25) is 13.8 Å². The van der Waals surface area contributed by atoms with Gasteiger partial charge in [0.2, 0.25) is 5.91 Å². The number of aliphatic hydroxyl groups excluding tert-OH is 1. The van der Waals surface area contributed by atoms with Crippen molar-refractivity contribution in [2.75, 3.05) is 40.9 Å². The zero-order valence-corrected chi connectivity index (χ0v) is 52.2. The molecule has 0 aliphatic rings. The van der Waals surface area contributed by atoms with Gasteiger partial charge in [0.25, 0.3) is 0 Å². The van der Waals surface area contributed by atoms with Crippen LogP contribution in [0.3, 0.4) is 0 Å². The number of likely N-dealkylation sites (N-methyl/N-ethyl adjacent to an activating group) is 1. The summed E-state index contributed by atoms with van der Waals surface area (Å²) in [4.78, 5) is 23.3. The Bertz CT molecular complexity index is 1380. The van der Waals surface area contributed by atoms with Crippen LogP contribution in [-0.2, 0) is 18.4 Å². The standard InChI is InChI=1S/C67H129N2O6P/c1-6-8-10-12-14-16-18-20-22-24-26-27-28-29-30-31-32-33-34-35-36-37-38-39-40-41-43-45-47-49-51-53-55-57-59-61-67(71)68-65(64-75-76(72,73)74-63-62-69(3,4)5)66(70)60-58-56-54-52-50-48-46-44-42-25-23-21-19-17-15-13-11-9-7-2/h31-32,42,44,50,52,58,60,65-66,70H,6-30,33-41,43,45-49,51,53-57,59,61-64H2,1-5H3,(H-,68,71,72,73)/p+1/b32-31-,44-42+,52-50+,60-58+. The average molecular weight is 1090 g/mol. The van der Waals surface area contributed by atoms with Gasteiger partial charge in [-0.1, -0.05) is 294 Å². The molecular formula is C67H130N2O6P+. The number of nitrogens with zero attached hydrogens (tertiary/aromatic N) is 1. The molecular weight excluding hydrogens is 960 g/mol. The van der Waals surface area contributed by atoms with Gasteiger partial charge in [-0.2, -0.15) is 0 Å². The Balaban J connectivity index is 4.04. The zero-order chi connectivity index (χ0) is 55.6. The van der Waals surface area contributed by atoms with Crippen LogP contribution in [0.15, 0.2) is 48.6 Å². The Kier molecular flexibility index (Phi) is 56.9. The van der Waals surface area contributed by atoms with E-state index < -0.39 is 20.0 Å². The number of quaternary nitrogens is 1. The molecule has 0 aromatic carbocycles. The molecule has 0 aromatic heterocycles. The van der Waals surface area contributed by atoms with Gasteiger partial charge in [0.05, 0.1) is 39.9 Å². The van der Waals surface area contributed by atoms with E-state index in [0.717, 1.165) is 44.9 Å². The minimum absolute atomic E-state index is 0.0540. The molecule has 0 saturated heterocycles. The Morgan fingerprint density at radius 3 is 1.05 bits per heavy atom. The molecule has 3 N–H and O–H groups in total. The van der Waals surface area contributed by atoms with Crippen LogP contribution in [0.5, 0.6) is 0 Å². The summed E-state index contributed by atoms with van der Waals surface area (Å²) in [6, 6.07) is -0.870. The van der Waals surface area contributed by atoms with Crippen molar-refractivity contribution >= 4 is 13.7 Å². The Morgan fingerprint density at radius 2 is 0.724 bits per heavy atom. The van der Waals surface area contributed by atoms with Gasteiger partial charge < -0.3 is 19.8 Å². The van der Waals surface area contributed by atoms with E-state index in [0.29, 0.717) is 17.4 Å². The van der Waals surface area contributed by atoms with E-state index in [1.165, 1.54) is 257 Å². The number of phosphoric acid groups is 1. The van der Waals surface area contributed by atoms with Gasteiger partial charge in [0.15, 0.2) is 0 Å². The van der Waals surface area contributed by atoms with Crippen LogP contribution in [0.4, 0.5) is 0 Å². The van der Waals surface area contributed by atoms with Crippen molar-refractivity contribution in [1.29, 1.82) is 0 Å². The summed E-state index contributed by atoms with van der Waals surface area (Å²) in [6.45, 7) is 4.82. The maximum Gasteiger partial charge on any atom is 0.472 e. The van der Waals surface area contributed by atoms with E-state index in [-0.39, 0.29) is 19.1 Å². The lowest BCUT2D eigenvalue weighted by molar-refractivity contribution is -0.870. The van der Waals surface area contributed by atoms with Crippen LogP contribution >= 0.6 is 7.82 Å². The number of hydrogen-bond acceptors (Lipinski definition) is 5. The first-order valence-electron chi connectivity index (χ1n) is 33.0. The number of hydrogen-bond donors (Lipinski definition) is 3. The molecule has 9 heteroatoms. The number of phosphoric ester groups is 1. The van der Waals surface area contributed by atoms with E-state index in [1.54, 1.807) is 6.08 Å². The maximum atomic E-state index is 13.0. The number of rotatable bonds is 61. The number of allylic oxidation sites excluding steroid dienone is 7. The van der Waals surface area contributed by atoms with Crippen molar-refractivity contribution in [3.8, 4) is 0 Å². The first-order valence-corrected chi connectivity index (χ1v) is 34.5. The third-order valence-corrected chi connectivity index (χ3v) is 16.0. The molecule has 0 aromatic rings. The van der Waals surface area contributed by atoms with Crippen molar-refractivity contribution in [3.05, 3.63) is 48.6 Å². The molecule has 8 nitrogen and oxygen atoms in total. The summed E-state index contributed by atoms with van der Waals surface area (Å²) in [6.07, 6.45) is 78.3. The molecule has 76 heavy (non-hydrogen) atoms. The minimum atomic E-state index is -4.36. The predicted molar refractivity (Wildman–Crippen MR) is 332 cm³/mol. The maximum absolute atomic E-state index is 13.0. The largest absolute Gasteiger partial charge is 0.472 e. The van der Waals surface area contributed by atoms with E-state index in [9.17, 15) is 19.4 Å². The SMILES string of the molecule is CCCCCCCCCCC/C=C/CC/C=C/CC/C=C/C(O)C(COP(=O)(O)OCC[N+](C)(C)C)NC(=O)CCCCCCCCCCCCCCCCCCC/C=C\CCCCCCCCCCCCCCCC. The average Bonchev–Trinajstić information content (AvgIpc) is 3.38. The van der Waals surface area contributed by atoms with Gasteiger partial charge in [0.1, 0.15) is 13.2 Å². The van der Waals surface area contributed by atoms with Crippen molar-refractivity contribution < 1.29 is 32.9 Å². The highest BCUT2D eigenvalue weighted by atomic mass is 31.2. The topological polar surface area (TPSA) is 105 Å². The fraction of sp³-hybridized carbons (Fsp3) is 0.866. The Labute approximate surface area is 473 Å². The van der Waals surface area contributed by atoms with Crippen molar-refractivity contribution in [3.63, 3.8) is 0 Å². The van der Waals surface area contributed by atoms with E-state index in [2.05, 4.69) is 55.6 Å². The van der Waals surface area contributed by atoms with Gasteiger partial charge in [-0.15, -0.1) is 0 Å². The van der Waals surface area contributed by atoms with Crippen LogP contribution < -0.4 is 5.32 Å². The summed E-state index contributed by atoms with van der Waals surface area (Å²) in [5.41, 5.74) is 0. The third kappa shape index (κ3) is 60.1. The first-order chi connectivity index (χ1) is 37.0. The molecule has 0 fully saturated rings. The van der Waals surface area contributed by atoms with Gasteiger partial charge in [-0.05, 0) is 70.6 Å². The molecule has 3 unspecified atom stereocenters. The number of nitrogens with one attached hydrogen (secondary N) is 1. The second-order valence-corrected chi connectivity index (χ2v) is 25.3. The first kappa shape index (κ1) is 74.5. The molecule has 0 spiro atoms. The normalized spacial score (nSPS) is 14.0. The molecule has 0 heterocycles. The summed E-state index contributed by atoms with van der Waals surface area (Å²) in [5.74, 6) is -0.186. The van der Waals surface area contributed by atoms with Crippen LogP contribution in [0.2, 0.25) is 0 Å². The summed E-state index contributed by atoms with van der Waals surface area (Å²) >= 11 is 0. The predicted octanol–water partition coefficient (Wildman–Crippen LogP) is 20.7. The number of unbranched alkanes of at least 4 members (excludes halogenated alkanes) is 42. The lowest BCUT2D eigenvalue weighted by atomic mass is 10.0. The van der Waals surface area contributed by atoms with Crippen molar-refractivity contribution in [2.24, 2.45) is 0 Å². The molecule has 0 aliphatic carbocycles. The fourth-order valence-electron chi connectivity index (χ4n) is 9.84. The zero-order valence-electron chi connectivity index (χ0n) is 51.3. The van der Waals surface area contributed by atoms with E-state index in [4.69, 9.17) is 9.05 Å². The number of carbonyl (C=O) groups is 1. The minimum Gasteiger partial charge on any atom is -0.387 e. The number of amides is 1. The highest BCUT2D eigenvalue weighted by Crippen LogP contribution is 2.43. The molecule has 0 aliphatic heterocycles. The van der Waals surface area contributed by atoms with Gasteiger partial charge in [-0.25, -0.2) is 4.57 Å². The van der Waals surface area contributed by atoms with Crippen molar-refractivity contribution in [2.45, 2.75) is 334 Å². The fourth-order valence-corrected chi connectivity index (χ4v) is 10.6. The molecule has 0 bridgehead atoms. The van der Waals surface area contributed by atoms with Crippen LogP contribution in [0, 0.1) is 0 Å². The molecule has 0 saturated carbocycles. The molecule has 0 radical (unpaired) electrons. The second kappa shape index (κ2) is 58.1. The highest BCUT2D eigenvalue weighted by Gasteiger charge is 2.28. The number of carbonyl (C=O) groups excluding carboxylic acids is 1. The van der Waals surface area contributed by atoms with Crippen LogP contribution in [0.25, 0.3) is 0 Å². The monoisotopic (exact) mass is 1090 g/mol. The van der Waals surface area contributed by atoms with Crippen molar-refractivity contribution in [1.82, 2.24) is 5.32 Å². The third-order valence-electron chi connectivity index (χ3n) is 15.0. The second-order valence-electron chi connectivity index (χ2n) is 23.8. The lowest BCUT2D eigenvalue weighted by Crippen LogP contribution is -2.45. The van der Waals surface area contributed by atoms with Crippen LogP contribution in [-0.4, -0.2) is 73.4 Å². The Morgan fingerprint density at radius 1 is 0.434 bits per heavy atom. The van der Waals surface area contributed by atoms with Crippen LogP contribution in [0.1, 0.15) is 322 Å². The van der Waals surface area contributed by atoms with E-state index >= 15 is 0 Å². The number of aliphatic hydroxyl groups is 1. The Hall–Kier alpha value is -1.54. The lowest BCUT2D eigenvalue weighted by Gasteiger charge is -2.25. The van der Waals surface area contributed by atoms with Gasteiger partial charge >= 0.3 is 7.82 Å². The smallest absolute Gasteiger partial charge is 0.387 e. The molecule has 0 rings (SSSR count). The quantitative estimate of drug-likeness (QED) is 0.0243. The van der Waals surface area contributed by atoms with Gasteiger partial charge in [0, 0.05) is 6.42 Å². The highest BCUT2D eigenvalue weighted by molar-refractivity contribution is 7.47. The van der Waals surface area contributed by atoms with E-state index in [1.807, 2.05) is 27.2 Å². The molecule has 448 valence electrons. The molecule has 1 amide bonds. The summed E-state index contributed by atoms with van der Waals surface area (Å²) < 4.78 is 23.7. The summed E-state index contributed by atoms with van der Waals surface area (Å²) in [5, 5.41) is 13.9.